The van der Waals surface area contributed by atoms with Crippen LogP contribution in [0.25, 0.3) is 0 Å². The molecular weight excluding hydrogens is 262 g/mol. The van der Waals surface area contributed by atoms with E-state index in [0.717, 1.165) is 12.8 Å². The number of nitrogens with zero attached hydrogens (tertiary/aromatic N) is 2. The zero-order chi connectivity index (χ0) is 13.9. The number of H-pyrrole nitrogens is 2. The number of carbonyl (C=O) groups is 1. The number of hydrogen-bond donors (Lipinski definition) is 3. The average molecular weight is 277 g/mol. The molecule has 1 fully saturated rings. The molecule has 2 heterocycles. The Balaban J connectivity index is 1.60. The molecule has 1 saturated carbocycles. The summed E-state index contributed by atoms with van der Waals surface area (Å²) in [5.41, 5.74) is -0.149. The van der Waals surface area contributed by atoms with Crippen LogP contribution in [0.4, 0.5) is 0 Å². The fourth-order valence-corrected chi connectivity index (χ4v) is 2.40. The molecule has 1 amide bonds. The zero-order valence-corrected chi connectivity index (χ0v) is 10.8. The van der Waals surface area contributed by atoms with E-state index < -0.39 is 5.69 Å². The van der Waals surface area contributed by atoms with Crippen LogP contribution in [0, 0.1) is 0 Å². The van der Waals surface area contributed by atoms with Crippen molar-refractivity contribution in [3.05, 3.63) is 34.2 Å². The topological polar surface area (TPSA) is 117 Å². The van der Waals surface area contributed by atoms with Crippen molar-refractivity contribution in [1.29, 1.82) is 0 Å². The van der Waals surface area contributed by atoms with E-state index in [2.05, 4.69) is 25.5 Å². The molecule has 2 aromatic rings. The molecule has 0 radical (unpaired) electrons. The van der Waals surface area contributed by atoms with Crippen molar-refractivity contribution in [2.24, 2.45) is 0 Å². The van der Waals surface area contributed by atoms with Crippen LogP contribution in [-0.2, 0) is 6.54 Å². The first-order valence-electron chi connectivity index (χ1n) is 6.59. The highest BCUT2D eigenvalue weighted by molar-refractivity contribution is 5.91. The highest BCUT2D eigenvalue weighted by atomic mass is 16.3. The van der Waals surface area contributed by atoms with Gasteiger partial charge in [-0.3, -0.25) is 9.78 Å². The molecule has 0 unspecified atom stereocenters. The Morgan fingerprint density at radius 2 is 2.25 bits per heavy atom. The molecule has 1 aliphatic rings. The van der Waals surface area contributed by atoms with Crippen LogP contribution >= 0.6 is 0 Å². The van der Waals surface area contributed by atoms with Gasteiger partial charge in [-0.25, -0.2) is 14.9 Å². The molecule has 0 atom stereocenters. The monoisotopic (exact) mass is 277 g/mol. The van der Waals surface area contributed by atoms with Gasteiger partial charge in [-0.05, 0) is 12.8 Å². The molecule has 0 bridgehead atoms. The largest absolute Gasteiger partial charge is 0.448 e. The van der Waals surface area contributed by atoms with E-state index in [9.17, 15) is 9.59 Å². The molecule has 106 valence electrons. The lowest BCUT2D eigenvalue weighted by molar-refractivity contribution is 0.0945. The van der Waals surface area contributed by atoms with Gasteiger partial charge in [0, 0.05) is 5.92 Å². The van der Waals surface area contributed by atoms with Crippen molar-refractivity contribution >= 4 is 5.91 Å². The summed E-state index contributed by atoms with van der Waals surface area (Å²) < 4.78 is 5.37. The molecule has 0 spiro atoms. The maximum atomic E-state index is 11.9. The third-order valence-corrected chi connectivity index (χ3v) is 3.43. The lowest BCUT2D eigenvalue weighted by atomic mass is 10.1. The van der Waals surface area contributed by atoms with Gasteiger partial charge in [0.15, 0.2) is 11.6 Å². The van der Waals surface area contributed by atoms with Crippen molar-refractivity contribution in [1.82, 2.24) is 25.5 Å². The van der Waals surface area contributed by atoms with Gasteiger partial charge >= 0.3 is 5.69 Å². The standard InChI is InChI=1S/C12H15N5O3/c18-10(13-5-9-15-12(19)17-16-9)8-6-20-11(14-8)7-3-1-2-4-7/h6-7H,1-5H2,(H,13,18)(H2,15,16,17,19). The molecule has 0 saturated heterocycles. The zero-order valence-electron chi connectivity index (χ0n) is 10.8. The molecule has 8 nitrogen and oxygen atoms in total. The van der Waals surface area contributed by atoms with E-state index in [1.54, 1.807) is 0 Å². The van der Waals surface area contributed by atoms with Gasteiger partial charge in [0.2, 0.25) is 0 Å². The number of rotatable bonds is 4. The second kappa shape index (κ2) is 5.32. The number of aromatic amines is 2. The van der Waals surface area contributed by atoms with Crippen LogP contribution in [0.2, 0.25) is 0 Å². The molecule has 1 aliphatic carbocycles. The molecule has 2 aromatic heterocycles. The quantitative estimate of drug-likeness (QED) is 0.759. The van der Waals surface area contributed by atoms with Gasteiger partial charge < -0.3 is 9.73 Å². The number of carbonyl (C=O) groups excluding carboxylic acids is 1. The minimum absolute atomic E-state index is 0.128. The Bertz CT molecular complexity index is 650. The minimum Gasteiger partial charge on any atom is -0.448 e. The average Bonchev–Trinajstić information content (AvgIpc) is 3.16. The fraction of sp³-hybridized carbons (Fsp3) is 0.500. The Morgan fingerprint density at radius 1 is 1.45 bits per heavy atom. The van der Waals surface area contributed by atoms with Gasteiger partial charge in [-0.15, -0.1) is 0 Å². The first kappa shape index (κ1) is 12.6. The summed E-state index contributed by atoms with van der Waals surface area (Å²) in [5, 5.41) is 8.54. The van der Waals surface area contributed by atoms with Crippen LogP contribution in [0.1, 0.15) is 53.8 Å². The van der Waals surface area contributed by atoms with Gasteiger partial charge in [0.05, 0.1) is 6.54 Å². The lowest BCUT2D eigenvalue weighted by Crippen LogP contribution is -2.24. The summed E-state index contributed by atoms with van der Waals surface area (Å²) in [5.74, 6) is 0.991. The van der Waals surface area contributed by atoms with Crippen LogP contribution < -0.4 is 11.0 Å². The first-order valence-corrected chi connectivity index (χ1v) is 6.59. The van der Waals surface area contributed by atoms with Gasteiger partial charge in [0.25, 0.3) is 5.91 Å². The molecular formula is C12H15N5O3. The van der Waals surface area contributed by atoms with E-state index in [1.165, 1.54) is 19.1 Å². The van der Waals surface area contributed by atoms with Gasteiger partial charge in [0.1, 0.15) is 12.1 Å². The van der Waals surface area contributed by atoms with Crippen molar-refractivity contribution in [2.45, 2.75) is 38.1 Å². The Kier molecular flexibility index (Phi) is 3.36. The molecule has 3 rings (SSSR count). The van der Waals surface area contributed by atoms with E-state index in [1.807, 2.05) is 0 Å². The van der Waals surface area contributed by atoms with Crippen molar-refractivity contribution in [3.63, 3.8) is 0 Å². The van der Waals surface area contributed by atoms with Crippen molar-refractivity contribution in [3.8, 4) is 0 Å². The summed E-state index contributed by atoms with van der Waals surface area (Å²) in [6, 6.07) is 0. The SMILES string of the molecule is O=C(NCc1n[nH]c(=O)[nH]1)c1coc(C2CCCC2)n1. The normalized spacial score (nSPS) is 15.6. The number of aromatic nitrogens is 4. The summed E-state index contributed by atoms with van der Waals surface area (Å²) in [6.45, 7) is 0.128. The van der Waals surface area contributed by atoms with Crippen LogP contribution in [-0.4, -0.2) is 26.1 Å². The maximum Gasteiger partial charge on any atom is 0.340 e. The Labute approximate surface area is 114 Å². The number of hydrogen-bond acceptors (Lipinski definition) is 5. The molecule has 0 aliphatic heterocycles. The van der Waals surface area contributed by atoms with Gasteiger partial charge in [-0.1, -0.05) is 12.8 Å². The molecule has 3 N–H and O–H groups in total. The van der Waals surface area contributed by atoms with E-state index >= 15 is 0 Å². The van der Waals surface area contributed by atoms with E-state index in [0.29, 0.717) is 17.6 Å². The number of nitrogens with one attached hydrogen (secondary N) is 3. The number of oxazole rings is 1. The predicted molar refractivity (Wildman–Crippen MR) is 68.1 cm³/mol. The van der Waals surface area contributed by atoms with Crippen molar-refractivity contribution in [2.75, 3.05) is 0 Å². The number of amides is 1. The highest BCUT2D eigenvalue weighted by Gasteiger charge is 2.23. The predicted octanol–water partition coefficient (Wildman–Crippen LogP) is 0.674. The van der Waals surface area contributed by atoms with Crippen LogP contribution in [0.3, 0.4) is 0 Å². The van der Waals surface area contributed by atoms with E-state index in [-0.39, 0.29) is 18.1 Å². The fourth-order valence-electron chi connectivity index (χ4n) is 2.40. The first-order chi connectivity index (χ1) is 9.72. The summed E-state index contributed by atoms with van der Waals surface area (Å²) in [4.78, 5) is 29.4. The minimum atomic E-state index is -0.404. The van der Waals surface area contributed by atoms with Crippen molar-refractivity contribution < 1.29 is 9.21 Å². The van der Waals surface area contributed by atoms with E-state index in [4.69, 9.17) is 4.42 Å². The molecule has 20 heavy (non-hydrogen) atoms. The highest BCUT2D eigenvalue weighted by Crippen LogP contribution is 2.33. The lowest BCUT2D eigenvalue weighted by Gasteiger charge is -2.01. The summed E-state index contributed by atoms with van der Waals surface area (Å²) in [7, 11) is 0. The third kappa shape index (κ3) is 2.63. The van der Waals surface area contributed by atoms with Crippen LogP contribution in [0.15, 0.2) is 15.5 Å². The summed E-state index contributed by atoms with van der Waals surface area (Å²) >= 11 is 0. The maximum absolute atomic E-state index is 11.9. The summed E-state index contributed by atoms with van der Waals surface area (Å²) in [6.07, 6.45) is 5.87. The molecule has 0 aromatic carbocycles. The Hall–Kier alpha value is -2.38. The Morgan fingerprint density at radius 3 is 2.95 bits per heavy atom. The second-order valence-corrected chi connectivity index (χ2v) is 4.86. The van der Waals surface area contributed by atoms with Gasteiger partial charge in [-0.2, -0.15) is 5.10 Å². The molecule has 8 heteroatoms. The second-order valence-electron chi connectivity index (χ2n) is 4.86. The third-order valence-electron chi connectivity index (χ3n) is 3.43. The van der Waals surface area contributed by atoms with Crippen LogP contribution in [0.5, 0.6) is 0 Å². The smallest absolute Gasteiger partial charge is 0.340 e.